The lowest BCUT2D eigenvalue weighted by atomic mass is 10.0. The summed E-state index contributed by atoms with van der Waals surface area (Å²) in [5, 5.41) is 13.8. The molecule has 2 rings (SSSR count). The summed E-state index contributed by atoms with van der Waals surface area (Å²) in [5.74, 6) is -0.122. The first-order chi connectivity index (χ1) is 9.54. The third kappa shape index (κ3) is 2.74. The lowest BCUT2D eigenvalue weighted by Gasteiger charge is -2.33. The Labute approximate surface area is 117 Å². The lowest BCUT2D eigenvalue weighted by molar-refractivity contribution is -0.384. The minimum Gasteiger partial charge on any atom is -0.383 e. The van der Waals surface area contributed by atoms with Gasteiger partial charge in [0.2, 0.25) is 0 Å². The van der Waals surface area contributed by atoms with Crippen LogP contribution in [0.1, 0.15) is 36.5 Å². The highest BCUT2D eigenvalue weighted by molar-refractivity contribution is 5.96. The van der Waals surface area contributed by atoms with Crippen LogP contribution in [0.4, 0.5) is 11.4 Å². The number of carbonyl (C=O) groups excluding carboxylic acids is 1. The number of hydrogen-bond donors (Lipinski definition) is 1. The van der Waals surface area contributed by atoms with E-state index in [9.17, 15) is 14.9 Å². The van der Waals surface area contributed by atoms with E-state index in [1.807, 2.05) is 11.8 Å². The number of amides is 1. The molecule has 0 aromatic heterocycles. The van der Waals surface area contributed by atoms with Crippen molar-refractivity contribution in [3.8, 4) is 0 Å². The van der Waals surface area contributed by atoms with Crippen molar-refractivity contribution < 1.29 is 9.72 Å². The second kappa shape index (κ2) is 5.90. The molecule has 1 aromatic carbocycles. The smallest absolute Gasteiger partial charge is 0.293 e. The predicted molar refractivity (Wildman–Crippen MR) is 77.0 cm³/mol. The fourth-order valence-electron chi connectivity index (χ4n) is 2.59. The Morgan fingerprint density at radius 3 is 2.80 bits per heavy atom. The fraction of sp³-hybridized carbons (Fsp3) is 0.500. The molecule has 0 bridgehead atoms. The number of rotatable bonds is 3. The topological polar surface area (TPSA) is 75.5 Å². The van der Waals surface area contributed by atoms with Crippen molar-refractivity contribution in [1.29, 1.82) is 0 Å². The predicted octanol–water partition coefficient (Wildman–Crippen LogP) is 2.65. The number of anilines is 1. The van der Waals surface area contributed by atoms with Crippen molar-refractivity contribution in [3.63, 3.8) is 0 Å². The average Bonchev–Trinajstić information content (AvgIpc) is 2.46. The molecule has 1 aromatic rings. The fourth-order valence-corrected chi connectivity index (χ4v) is 2.59. The molecule has 1 saturated heterocycles. The second-order valence-electron chi connectivity index (χ2n) is 5.08. The Bertz CT molecular complexity index is 530. The van der Waals surface area contributed by atoms with E-state index in [0.717, 1.165) is 25.8 Å². The van der Waals surface area contributed by atoms with Crippen LogP contribution in [0.3, 0.4) is 0 Å². The van der Waals surface area contributed by atoms with E-state index >= 15 is 0 Å². The molecule has 1 amide bonds. The Kier molecular flexibility index (Phi) is 4.22. The van der Waals surface area contributed by atoms with Crippen LogP contribution in [0, 0.1) is 10.1 Å². The van der Waals surface area contributed by atoms with Gasteiger partial charge in [0, 0.05) is 31.3 Å². The molecule has 1 aliphatic heterocycles. The molecule has 1 atom stereocenters. The minimum absolute atomic E-state index is 0.0667. The van der Waals surface area contributed by atoms with Crippen molar-refractivity contribution in [3.05, 3.63) is 33.9 Å². The zero-order valence-electron chi connectivity index (χ0n) is 11.8. The molecule has 1 N–H and O–H groups in total. The molecule has 0 radical (unpaired) electrons. The lowest BCUT2D eigenvalue weighted by Crippen LogP contribution is -2.42. The van der Waals surface area contributed by atoms with Gasteiger partial charge in [-0.05, 0) is 38.3 Å². The van der Waals surface area contributed by atoms with Gasteiger partial charge in [0.25, 0.3) is 11.6 Å². The number of nitro groups is 1. The van der Waals surface area contributed by atoms with Gasteiger partial charge in [-0.1, -0.05) is 0 Å². The summed E-state index contributed by atoms with van der Waals surface area (Å²) < 4.78 is 0. The molecule has 0 spiro atoms. The van der Waals surface area contributed by atoms with Gasteiger partial charge in [-0.2, -0.15) is 0 Å². The summed E-state index contributed by atoms with van der Waals surface area (Å²) in [7, 11) is 1.62. The Morgan fingerprint density at radius 2 is 2.20 bits per heavy atom. The zero-order valence-corrected chi connectivity index (χ0v) is 11.8. The molecule has 20 heavy (non-hydrogen) atoms. The van der Waals surface area contributed by atoms with Crippen LogP contribution in [0.5, 0.6) is 0 Å². The number of benzene rings is 1. The second-order valence-corrected chi connectivity index (χ2v) is 5.08. The van der Waals surface area contributed by atoms with E-state index in [1.54, 1.807) is 19.2 Å². The van der Waals surface area contributed by atoms with Crippen molar-refractivity contribution in [2.75, 3.05) is 18.9 Å². The molecule has 1 heterocycles. The highest BCUT2D eigenvalue weighted by Crippen LogP contribution is 2.27. The van der Waals surface area contributed by atoms with Gasteiger partial charge in [0.05, 0.1) is 4.92 Å². The van der Waals surface area contributed by atoms with Crippen molar-refractivity contribution in [2.45, 2.75) is 32.2 Å². The van der Waals surface area contributed by atoms with Crippen LogP contribution in [0.25, 0.3) is 0 Å². The summed E-state index contributed by atoms with van der Waals surface area (Å²) in [6, 6.07) is 4.78. The summed E-state index contributed by atoms with van der Waals surface area (Å²) in [4.78, 5) is 24.8. The molecule has 0 unspecified atom stereocenters. The molecule has 1 aliphatic rings. The Hall–Kier alpha value is -2.11. The summed E-state index contributed by atoms with van der Waals surface area (Å²) >= 11 is 0. The molecular formula is C14H19N3O3. The van der Waals surface area contributed by atoms with Gasteiger partial charge in [0.1, 0.15) is 5.69 Å². The molecule has 0 aliphatic carbocycles. The van der Waals surface area contributed by atoms with Crippen molar-refractivity contribution >= 4 is 17.3 Å². The van der Waals surface area contributed by atoms with Gasteiger partial charge in [-0.3, -0.25) is 14.9 Å². The third-order valence-corrected chi connectivity index (χ3v) is 3.77. The average molecular weight is 277 g/mol. The molecule has 108 valence electrons. The molecular weight excluding hydrogens is 258 g/mol. The van der Waals surface area contributed by atoms with Crippen LogP contribution in [0.15, 0.2) is 18.2 Å². The molecule has 0 saturated carbocycles. The van der Waals surface area contributed by atoms with Crippen LogP contribution in [-0.2, 0) is 0 Å². The highest BCUT2D eigenvalue weighted by Gasteiger charge is 2.26. The number of carbonyl (C=O) groups is 1. The largest absolute Gasteiger partial charge is 0.383 e. The summed E-state index contributed by atoms with van der Waals surface area (Å²) in [5.41, 5.74) is 0.728. The summed E-state index contributed by atoms with van der Waals surface area (Å²) in [6.45, 7) is 2.75. The molecule has 1 fully saturated rings. The van der Waals surface area contributed by atoms with Crippen molar-refractivity contribution in [1.82, 2.24) is 4.90 Å². The van der Waals surface area contributed by atoms with Crippen molar-refractivity contribution in [2.24, 2.45) is 0 Å². The third-order valence-electron chi connectivity index (χ3n) is 3.77. The first-order valence-electron chi connectivity index (χ1n) is 6.81. The van der Waals surface area contributed by atoms with Gasteiger partial charge in [0.15, 0.2) is 0 Å². The first-order valence-corrected chi connectivity index (χ1v) is 6.81. The van der Waals surface area contributed by atoms with Gasteiger partial charge >= 0.3 is 0 Å². The monoisotopic (exact) mass is 277 g/mol. The van der Waals surface area contributed by atoms with Gasteiger partial charge in [-0.25, -0.2) is 0 Å². The number of nitro benzene ring substituents is 1. The van der Waals surface area contributed by atoms with E-state index < -0.39 is 4.92 Å². The van der Waals surface area contributed by atoms with Crippen LogP contribution in [0.2, 0.25) is 0 Å². The van der Waals surface area contributed by atoms with E-state index in [-0.39, 0.29) is 17.6 Å². The number of piperidine rings is 1. The van der Waals surface area contributed by atoms with E-state index in [2.05, 4.69) is 5.32 Å². The highest BCUT2D eigenvalue weighted by atomic mass is 16.6. The minimum atomic E-state index is -0.470. The van der Waals surface area contributed by atoms with Gasteiger partial charge in [-0.15, -0.1) is 0 Å². The van der Waals surface area contributed by atoms with Crippen LogP contribution < -0.4 is 5.32 Å². The maximum Gasteiger partial charge on any atom is 0.293 e. The van der Waals surface area contributed by atoms with E-state index in [1.165, 1.54) is 6.07 Å². The maximum absolute atomic E-state index is 12.5. The van der Waals surface area contributed by atoms with Gasteiger partial charge < -0.3 is 10.2 Å². The van der Waals surface area contributed by atoms with E-state index in [4.69, 9.17) is 0 Å². The zero-order chi connectivity index (χ0) is 14.7. The molecule has 6 heteroatoms. The number of hydrogen-bond acceptors (Lipinski definition) is 4. The standard InChI is InChI=1S/C14H19N3O3/c1-10-5-3-4-8-16(10)14(18)11-6-7-12(15-2)13(9-11)17(19)20/h6-7,9-10,15H,3-5,8H2,1-2H3/t10-/m0/s1. The number of nitrogens with zero attached hydrogens (tertiary/aromatic N) is 2. The SMILES string of the molecule is CNc1ccc(C(=O)N2CCCC[C@@H]2C)cc1[N+](=O)[O-]. The Balaban J connectivity index is 2.30. The number of likely N-dealkylation sites (tertiary alicyclic amines) is 1. The van der Waals surface area contributed by atoms with E-state index in [0.29, 0.717) is 11.3 Å². The number of nitrogens with one attached hydrogen (secondary N) is 1. The first kappa shape index (κ1) is 14.3. The van der Waals surface area contributed by atoms with Crippen LogP contribution in [-0.4, -0.2) is 35.4 Å². The normalized spacial score (nSPS) is 18.7. The quantitative estimate of drug-likeness (QED) is 0.680. The Morgan fingerprint density at radius 1 is 1.45 bits per heavy atom. The maximum atomic E-state index is 12.5. The molecule has 6 nitrogen and oxygen atoms in total. The van der Waals surface area contributed by atoms with Crippen LogP contribution >= 0.6 is 0 Å². The summed E-state index contributed by atoms with van der Waals surface area (Å²) in [6.07, 6.45) is 3.11.